The molecule has 2 N–H and O–H groups in total. The van der Waals surface area contributed by atoms with Crippen LogP contribution in [0.1, 0.15) is 55.9 Å². The first-order valence-electron chi connectivity index (χ1n) is 12.7. The predicted octanol–water partition coefficient (Wildman–Crippen LogP) is 2.87. The van der Waals surface area contributed by atoms with Crippen LogP contribution in [0.4, 0.5) is 13.2 Å². The largest absolute Gasteiger partial charge is 0.451 e. The summed E-state index contributed by atoms with van der Waals surface area (Å²) in [4.78, 5) is 45.8. The Morgan fingerprint density at radius 3 is 2.55 bits per heavy atom. The Morgan fingerprint density at radius 1 is 1.02 bits per heavy atom. The number of aromatic nitrogens is 6. The molecule has 0 aliphatic heterocycles. The number of furan rings is 1. The number of alkyl halides is 3. The van der Waals surface area contributed by atoms with Gasteiger partial charge in [-0.15, -0.1) is 0 Å². The van der Waals surface area contributed by atoms with Gasteiger partial charge in [-0.2, -0.15) is 22.5 Å². The number of fused-ring (bicyclic) bond motifs is 2. The topological polar surface area (TPSA) is 150 Å². The van der Waals surface area contributed by atoms with Crippen LogP contribution in [0.25, 0.3) is 16.7 Å². The van der Waals surface area contributed by atoms with Gasteiger partial charge in [-0.05, 0) is 64.2 Å². The summed E-state index contributed by atoms with van der Waals surface area (Å²) in [7, 11) is 1.51. The van der Waals surface area contributed by atoms with Gasteiger partial charge in [0.25, 0.3) is 11.8 Å². The summed E-state index contributed by atoms with van der Waals surface area (Å²) in [6.45, 7) is -0.0100. The van der Waals surface area contributed by atoms with Crippen molar-refractivity contribution in [2.45, 2.75) is 31.6 Å². The van der Waals surface area contributed by atoms with Crippen molar-refractivity contribution in [3.8, 4) is 5.69 Å². The molecule has 1 atom stereocenters. The van der Waals surface area contributed by atoms with Crippen molar-refractivity contribution in [3.63, 3.8) is 0 Å². The molecule has 0 saturated heterocycles. The molecule has 0 fully saturated rings. The van der Waals surface area contributed by atoms with E-state index in [2.05, 4.69) is 31.0 Å². The van der Waals surface area contributed by atoms with Crippen molar-refractivity contribution >= 4 is 22.8 Å². The molecule has 12 nitrogen and oxygen atoms in total. The number of halogens is 3. The van der Waals surface area contributed by atoms with Gasteiger partial charge in [-0.1, -0.05) is 18.2 Å². The molecule has 42 heavy (non-hydrogen) atoms. The summed E-state index contributed by atoms with van der Waals surface area (Å²) in [5.74, 6) is -2.20. The van der Waals surface area contributed by atoms with E-state index in [1.165, 1.54) is 29.9 Å². The molecule has 0 unspecified atom stereocenters. The molecule has 2 aromatic carbocycles. The molecule has 3 aromatic heterocycles. The lowest BCUT2D eigenvalue weighted by Gasteiger charge is -2.14. The van der Waals surface area contributed by atoms with Crippen LogP contribution in [0.15, 0.2) is 64.1 Å². The fourth-order valence-corrected chi connectivity index (χ4v) is 4.80. The van der Waals surface area contributed by atoms with Gasteiger partial charge in [0.1, 0.15) is 23.3 Å². The standard InChI is InChI=1S/C27H21F3N8O4/c1-37-26(41)38(36-35-37)17-5-6-18-15(9-17)4-7-19(18)34-25(40)21-11-20(32-13-33-21)24(39)31-12-14-2-3-16-10-23(27(28,29)30)42-22(16)8-14/h2-3,5-6,8-11,13,19H,4,7,12H2,1H3,(H,31,39)(H,34,40)/t19-/m1/s1. The fourth-order valence-electron chi connectivity index (χ4n) is 4.80. The Balaban J connectivity index is 1.11. The van der Waals surface area contributed by atoms with Gasteiger partial charge >= 0.3 is 11.9 Å². The minimum Gasteiger partial charge on any atom is -0.451 e. The van der Waals surface area contributed by atoms with Gasteiger partial charge in [0.15, 0.2) is 0 Å². The van der Waals surface area contributed by atoms with Gasteiger partial charge in [0, 0.05) is 25.0 Å². The van der Waals surface area contributed by atoms with Crippen molar-refractivity contribution in [3.05, 3.63) is 99.2 Å². The van der Waals surface area contributed by atoms with Crippen LogP contribution >= 0.6 is 0 Å². The highest BCUT2D eigenvalue weighted by Crippen LogP contribution is 2.34. The molecule has 214 valence electrons. The number of nitrogens with zero attached hydrogens (tertiary/aromatic N) is 6. The molecular formula is C27H21F3N8O4. The van der Waals surface area contributed by atoms with Crippen LogP contribution in [0.3, 0.4) is 0 Å². The minimum atomic E-state index is -4.60. The highest BCUT2D eigenvalue weighted by molar-refractivity contribution is 5.97. The molecule has 6 rings (SSSR count). The first kappa shape index (κ1) is 26.9. The quantitative estimate of drug-likeness (QED) is 0.312. The zero-order valence-corrected chi connectivity index (χ0v) is 21.8. The van der Waals surface area contributed by atoms with Gasteiger partial charge in [0.05, 0.1) is 11.7 Å². The number of carbonyl (C=O) groups is 2. The number of benzene rings is 2. The van der Waals surface area contributed by atoms with Crippen molar-refractivity contribution in [1.82, 2.24) is 40.4 Å². The van der Waals surface area contributed by atoms with Crippen LogP contribution in [0.5, 0.6) is 0 Å². The number of carbonyl (C=O) groups excluding carboxylic acids is 2. The lowest BCUT2D eigenvalue weighted by Crippen LogP contribution is -2.29. The Kier molecular flexibility index (Phi) is 6.55. The molecule has 3 heterocycles. The highest BCUT2D eigenvalue weighted by Gasteiger charge is 2.35. The van der Waals surface area contributed by atoms with Crippen LogP contribution in [-0.4, -0.2) is 41.6 Å². The maximum atomic E-state index is 13.0. The molecule has 2 amide bonds. The molecule has 0 radical (unpaired) electrons. The molecule has 0 spiro atoms. The van der Waals surface area contributed by atoms with Gasteiger partial charge < -0.3 is 15.1 Å². The van der Waals surface area contributed by atoms with E-state index in [1.807, 2.05) is 12.1 Å². The SMILES string of the molecule is Cn1nnn(-c2ccc3c(c2)CC[C@H]3NC(=O)c2cc(C(=O)NCc3ccc4cc(C(F)(F)F)oc4c3)ncn2)c1=O. The van der Waals surface area contributed by atoms with Crippen LogP contribution in [0.2, 0.25) is 0 Å². The third-order valence-corrected chi connectivity index (χ3v) is 6.93. The zero-order chi connectivity index (χ0) is 29.6. The minimum absolute atomic E-state index is 0.0100. The van der Waals surface area contributed by atoms with E-state index < -0.39 is 23.8 Å². The first-order chi connectivity index (χ1) is 20.1. The molecule has 0 bridgehead atoms. The normalized spacial score (nSPS) is 14.6. The fraction of sp³-hybridized carbons (Fsp3) is 0.222. The van der Waals surface area contributed by atoms with Crippen molar-refractivity contribution in [1.29, 1.82) is 0 Å². The van der Waals surface area contributed by atoms with Gasteiger partial charge in [-0.25, -0.2) is 14.8 Å². The third-order valence-electron chi connectivity index (χ3n) is 6.93. The Hall–Kier alpha value is -5.34. The Labute approximate surface area is 234 Å². The second kappa shape index (κ2) is 10.2. The second-order valence-corrected chi connectivity index (χ2v) is 9.70. The van der Waals surface area contributed by atoms with E-state index in [0.29, 0.717) is 24.1 Å². The maximum absolute atomic E-state index is 13.0. The number of hydrogen-bond donors (Lipinski definition) is 2. The Morgan fingerprint density at radius 2 is 1.81 bits per heavy atom. The maximum Gasteiger partial charge on any atom is 0.449 e. The number of nitrogens with one attached hydrogen (secondary N) is 2. The van der Waals surface area contributed by atoms with E-state index in [-0.39, 0.29) is 40.6 Å². The summed E-state index contributed by atoms with van der Waals surface area (Å²) in [6.07, 6.45) is -2.20. The summed E-state index contributed by atoms with van der Waals surface area (Å²) in [6, 6.07) is 11.7. The number of hydrogen-bond acceptors (Lipinski definition) is 8. The summed E-state index contributed by atoms with van der Waals surface area (Å²) in [5, 5.41) is 13.4. The van der Waals surface area contributed by atoms with E-state index in [9.17, 15) is 27.6 Å². The van der Waals surface area contributed by atoms with Crippen LogP contribution in [0, 0.1) is 0 Å². The summed E-state index contributed by atoms with van der Waals surface area (Å²) >= 11 is 0. The van der Waals surface area contributed by atoms with Crippen molar-refractivity contribution in [2.75, 3.05) is 0 Å². The molecular weight excluding hydrogens is 557 g/mol. The third kappa shape index (κ3) is 5.11. The lowest BCUT2D eigenvalue weighted by molar-refractivity contribution is -0.152. The first-order valence-corrected chi connectivity index (χ1v) is 12.7. The van der Waals surface area contributed by atoms with E-state index in [4.69, 9.17) is 4.42 Å². The zero-order valence-electron chi connectivity index (χ0n) is 21.8. The van der Waals surface area contributed by atoms with E-state index >= 15 is 0 Å². The second-order valence-electron chi connectivity index (χ2n) is 9.70. The molecule has 5 aromatic rings. The van der Waals surface area contributed by atoms with Crippen molar-refractivity contribution in [2.24, 2.45) is 7.05 Å². The molecule has 0 saturated carbocycles. The molecule has 15 heteroatoms. The van der Waals surface area contributed by atoms with Gasteiger partial charge in [0.2, 0.25) is 5.76 Å². The predicted molar refractivity (Wildman–Crippen MR) is 140 cm³/mol. The highest BCUT2D eigenvalue weighted by atomic mass is 19.4. The Bertz CT molecular complexity index is 1910. The summed E-state index contributed by atoms with van der Waals surface area (Å²) in [5.41, 5.74) is 2.54. The van der Waals surface area contributed by atoms with Gasteiger partial charge in [-0.3, -0.25) is 9.59 Å². The van der Waals surface area contributed by atoms with Crippen LogP contribution < -0.4 is 16.3 Å². The number of rotatable bonds is 6. The average molecular weight is 579 g/mol. The number of amides is 2. The molecule has 1 aliphatic rings. The average Bonchev–Trinajstić information content (AvgIpc) is 3.68. The summed E-state index contributed by atoms with van der Waals surface area (Å²) < 4.78 is 46.0. The molecule has 1 aliphatic carbocycles. The van der Waals surface area contributed by atoms with E-state index in [1.54, 1.807) is 12.1 Å². The van der Waals surface area contributed by atoms with E-state index in [0.717, 1.165) is 28.2 Å². The number of aryl methyl sites for hydroxylation is 2. The number of tetrazole rings is 1. The lowest BCUT2D eigenvalue weighted by atomic mass is 10.1. The monoisotopic (exact) mass is 578 g/mol. The van der Waals surface area contributed by atoms with Crippen molar-refractivity contribution < 1.29 is 27.2 Å². The smallest absolute Gasteiger partial charge is 0.449 e. The van der Waals surface area contributed by atoms with Crippen LogP contribution in [-0.2, 0) is 26.2 Å².